The molecule has 3 aromatic rings. The van der Waals surface area contributed by atoms with E-state index in [4.69, 9.17) is 15.2 Å². The van der Waals surface area contributed by atoms with Crippen LogP contribution in [0, 0.1) is 0 Å². The van der Waals surface area contributed by atoms with E-state index in [0.717, 1.165) is 5.56 Å². The summed E-state index contributed by atoms with van der Waals surface area (Å²) in [7, 11) is 0. The van der Waals surface area contributed by atoms with Crippen molar-refractivity contribution >= 4 is 22.8 Å². The van der Waals surface area contributed by atoms with Gasteiger partial charge < -0.3 is 20.3 Å². The van der Waals surface area contributed by atoms with Crippen LogP contribution in [0.4, 0.5) is 5.95 Å². The summed E-state index contributed by atoms with van der Waals surface area (Å²) in [6, 6.07) is 10.3. The van der Waals surface area contributed by atoms with Gasteiger partial charge in [-0.2, -0.15) is 0 Å². The third-order valence-corrected chi connectivity index (χ3v) is 3.85. The number of carbonyl (C=O) groups is 1. The maximum absolute atomic E-state index is 11.2. The molecule has 24 heavy (non-hydrogen) atoms. The van der Waals surface area contributed by atoms with Crippen LogP contribution >= 0.6 is 0 Å². The Morgan fingerprint density at radius 1 is 1.12 bits per heavy atom. The van der Waals surface area contributed by atoms with Gasteiger partial charge in [-0.3, -0.25) is 0 Å². The van der Waals surface area contributed by atoms with Crippen molar-refractivity contribution < 1.29 is 19.4 Å². The van der Waals surface area contributed by atoms with Crippen molar-refractivity contribution in [3.8, 4) is 11.5 Å². The number of nitrogens with zero attached hydrogens (tertiary/aromatic N) is 2. The number of benzene rings is 2. The minimum atomic E-state index is -0.997. The van der Waals surface area contributed by atoms with E-state index in [9.17, 15) is 9.90 Å². The van der Waals surface area contributed by atoms with Crippen LogP contribution < -0.4 is 15.2 Å². The summed E-state index contributed by atoms with van der Waals surface area (Å²) in [6.07, 6.45) is 0.475. The summed E-state index contributed by atoms with van der Waals surface area (Å²) in [5.74, 6) is 0.549. The first-order valence-corrected chi connectivity index (χ1v) is 7.28. The monoisotopic (exact) mass is 323 g/mol. The van der Waals surface area contributed by atoms with Crippen molar-refractivity contribution in [2.45, 2.75) is 6.42 Å². The Morgan fingerprint density at radius 3 is 2.79 bits per heavy atom. The summed E-state index contributed by atoms with van der Waals surface area (Å²) < 4.78 is 10.7. The number of carboxylic acid groups (broad SMARTS) is 1. The van der Waals surface area contributed by atoms with Crippen LogP contribution in [0.5, 0.6) is 11.5 Å². The SMILES string of the molecule is Nc1nc(Cc2ccc3c(c2)OCO3)c2cc(C(=O)O)ccc2n1. The van der Waals surface area contributed by atoms with Gasteiger partial charge in [0.1, 0.15) is 0 Å². The molecule has 3 N–H and O–H groups in total. The molecule has 0 amide bonds. The van der Waals surface area contributed by atoms with Gasteiger partial charge >= 0.3 is 5.97 Å². The fraction of sp³-hybridized carbons (Fsp3) is 0.118. The van der Waals surface area contributed by atoms with Gasteiger partial charge in [-0.15, -0.1) is 0 Å². The summed E-state index contributed by atoms with van der Waals surface area (Å²) in [5, 5.41) is 9.86. The molecule has 0 fully saturated rings. The van der Waals surface area contributed by atoms with Crippen LogP contribution in [0.15, 0.2) is 36.4 Å². The zero-order valence-corrected chi connectivity index (χ0v) is 12.5. The summed E-state index contributed by atoms with van der Waals surface area (Å²) in [5.41, 5.74) is 8.20. The van der Waals surface area contributed by atoms with Crippen molar-refractivity contribution in [1.82, 2.24) is 9.97 Å². The quantitative estimate of drug-likeness (QED) is 0.761. The van der Waals surface area contributed by atoms with Crippen LogP contribution in [0.1, 0.15) is 21.6 Å². The van der Waals surface area contributed by atoms with E-state index in [2.05, 4.69) is 9.97 Å². The molecule has 2 heterocycles. The van der Waals surface area contributed by atoms with E-state index >= 15 is 0 Å². The number of aromatic carboxylic acids is 1. The Balaban J connectivity index is 1.80. The predicted octanol–water partition coefficient (Wildman–Crippen LogP) is 2.23. The first-order valence-electron chi connectivity index (χ1n) is 7.28. The van der Waals surface area contributed by atoms with Crippen molar-refractivity contribution in [2.24, 2.45) is 0 Å². The molecule has 7 heteroatoms. The largest absolute Gasteiger partial charge is 0.478 e. The summed E-state index contributed by atoms with van der Waals surface area (Å²) in [4.78, 5) is 19.7. The number of carboxylic acids is 1. The minimum Gasteiger partial charge on any atom is -0.478 e. The van der Waals surface area contributed by atoms with Gasteiger partial charge in [-0.25, -0.2) is 14.8 Å². The van der Waals surface area contributed by atoms with Crippen LogP contribution in [0.3, 0.4) is 0 Å². The normalized spacial score (nSPS) is 12.5. The van der Waals surface area contributed by atoms with E-state index < -0.39 is 5.97 Å². The molecular formula is C17H13N3O4. The smallest absolute Gasteiger partial charge is 0.335 e. The van der Waals surface area contributed by atoms with Gasteiger partial charge in [0.05, 0.1) is 16.8 Å². The molecule has 0 unspecified atom stereocenters. The first-order chi connectivity index (χ1) is 11.6. The Bertz CT molecular complexity index is 971. The number of nitrogen functional groups attached to an aromatic ring is 1. The highest BCUT2D eigenvalue weighted by molar-refractivity contribution is 5.94. The zero-order valence-electron chi connectivity index (χ0n) is 12.5. The van der Waals surface area contributed by atoms with Crippen molar-refractivity contribution in [1.29, 1.82) is 0 Å². The van der Waals surface area contributed by atoms with Crippen LogP contribution in [0.2, 0.25) is 0 Å². The molecule has 0 spiro atoms. The highest BCUT2D eigenvalue weighted by Gasteiger charge is 2.15. The van der Waals surface area contributed by atoms with Crippen LogP contribution in [0.25, 0.3) is 10.9 Å². The molecule has 1 aromatic heterocycles. The Hall–Kier alpha value is -3.35. The lowest BCUT2D eigenvalue weighted by Crippen LogP contribution is -2.03. The molecule has 1 aliphatic rings. The number of hydrogen-bond acceptors (Lipinski definition) is 6. The van der Waals surface area contributed by atoms with Gasteiger partial charge in [-0.1, -0.05) is 6.07 Å². The topological polar surface area (TPSA) is 108 Å². The van der Waals surface area contributed by atoms with Crippen molar-refractivity contribution in [3.63, 3.8) is 0 Å². The van der Waals surface area contributed by atoms with Gasteiger partial charge in [0.25, 0.3) is 0 Å². The summed E-state index contributed by atoms with van der Waals surface area (Å²) in [6.45, 7) is 0.212. The van der Waals surface area contributed by atoms with Crippen molar-refractivity contribution in [2.75, 3.05) is 12.5 Å². The van der Waals surface area contributed by atoms with Gasteiger partial charge in [0.15, 0.2) is 11.5 Å². The average Bonchev–Trinajstić information content (AvgIpc) is 3.02. The highest BCUT2D eigenvalue weighted by atomic mass is 16.7. The fourth-order valence-corrected chi connectivity index (χ4v) is 2.72. The van der Waals surface area contributed by atoms with Crippen molar-refractivity contribution in [3.05, 3.63) is 53.2 Å². The second kappa shape index (κ2) is 5.38. The lowest BCUT2D eigenvalue weighted by molar-refractivity contribution is 0.0697. The average molecular weight is 323 g/mol. The Morgan fingerprint density at radius 2 is 1.96 bits per heavy atom. The molecule has 1 aliphatic heterocycles. The number of anilines is 1. The molecule has 0 atom stereocenters. The number of aromatic nitrogens is 2. The maximum Gasteiger partial charge on any atom is 0.335 e. The van der Waals surface area contributed by atoms with Crippen LogP contribution in [-0.2, 0) is 6.42 Å². The molecule has 120 valence electrons. The lowest BCUT2D eigenvalue weighted by atomic mass is 10.0. The molecule has 2 aromatic carbocycles. The zero-order chi connectivity index (χ0) is 16.7. The third kappa shape index (κ3) is 2.45. The molecule has 4 rings (SSSR count). The van der Waals surface area contributed by atoms with E-state index in [-0.39, 0.29) is 18.3 Å². The highest BCUT2D eigenvalue weighted by Crippen LogP contribution is 2.33. The molecule has 0 radical (unpaired) electrons. The number of nitrogens with two attached hydrogens (primary N) is 1. The molecule has 0 bridgehead atoms. The molecule has 0 saturated carbocycles. The molecule has 0 saturated heterocycles. The Kier molecular flexibility index (Phi) is 3.19. The third-order valence-electron chi connectivity index (χ3n) is 3.85. The Labute approximate surface area is 136 Å². The minimum absolute atomic E-state index is 0.154. The number of ether oxygens (including phenoxy) is 2. The van der Waals surface area contributed by atoms with Gasteiger partial charge in [0, 0.05) is 11.8 Å². The number of fused-ring (bicyclic) bond motifs is 2. The second-order valence-electron chi connectivity index (χ2n) is 5.43. The van der Waals surface area contributed by atoms with E-state index in [1.807, 2.05) is 18.2 Å². The first kappa shape index (κ1) is 14.3. The van der Waals surface area contributed by atoms with E-state index in [1.165, 1.54) is 6.07 Å². The van der Waals surface area contributed by atoms with Crippen LogP contribution in [-0.4, -0.2) is 27.8 Å². The lowest BCUT2D eigenvalue weighted by Gasteiger charge is -2.08. The fourth-order valence-electron chi connectivity index (χ4n) is 2.72. The van der Waals surface area contributed by atoms with E-state index in [1.54, 1.807) is 12.1 Å². The number of rotatable bonds is 3. The second-order valence-corrected chi connectivity index (χ2v) is 5.43. The number of hydrogen-bond donors (Lipinski definition) is 2. The standard InChI is InChI=1S/C17H13N3O4/c18-17-19-12-3-2-10(16(21)22)7-11(12)13(20-17)5-9-1-4-14-15(6-9)24-8-23-14/h1-4,6-7H,5,8H2,(H,21,22)(H2,18,19,20). The maximum atomic E-state index is 11.2. The van der Waals surface area contributed by atoms with Gasteiger partial charge in [-0.05, 0) is 35.9 Å². The predicted molar refractivity (Wildman–Crippen MR) is 86.3 cm³/mol. The summed E-state index contributed by atoms with van der Waals surface area (Å²) >= 11 is 0. The molecule has 0 aliphatic carbocycles. The van der Waals surface area contributed by atoms with Gasteiger partial charge in [0.2, 0.25) is 12.7 Å². The molecule has 7 nitrogen and oxygen atoms in total. The van der Waals surface area contributed by atoms with E-state index in [0.29, 0.717) is 34.5 Å². The molecular weight excluding hydrogens is 310 g/mol.